The van der Waals surface area contributed by atoms with Crippen LogP contribution in [0.3, 0.4) is 0 Å². The van der Waals surface area contributed by atoms with Crippen molar-refractivity contribution in [3.05, 3.63) is 48.0 Å². The van der Waals surface area contributed by atoms with Crippen LogP contribution in [-0.2, 0) is 11.3 Å². The van der Waals surface area contributed by atoms with E-state index in [1.165, 1.54) is 44.1 Å². The second-order valence-corrected chi connectivity index (χ2v) is 10.5. The Labute approximate surface area is 210 Å². The van der Waals surface area contributed by atoms with E-state index >= 15 is 0 Å². The summed E-state index contributed by atoms with van der Waals surface area (Å²) >= 11 is 0. The van der Waals surface area contributed by atoms with Crippen molar-refractivity contribution in [1.29, 1.82) is 0 Å². The van der Waals surface area contributed by atoms with Gasteiger partial charge in [0.25, 0.3) is 0 Å². The predicted molar refractivity (Wildman–Crippen MR) is 146 cm³/mol. The summed E-state index contributed by atoms with van der Waals surface area (Å²) in [6.45, 7) is 5.06. The maximum atomic E-state index is 12.1. The van der Waals surface area contributed by atoms with Crippen LogP contribution in [0.25, 0.3) is 0 Å². The number of hydrogen-bond donors (Lipinski definition) is 2. The molecule has 1 atom stereocenters. The molecule has 0 bridgehead atoms. The Morgan fingerprint density at radius 3 is 2.41 bits per heavy atom. The van der Waals surface area contributed by atoms with E-state index in [2.05, 4.69) is 68.8 Å². The molecule has 4 heteroatoms. The van der Waals surface area contributed by atoms with Crippen LogP contribution in [-0.4, -0.2) is 48.8 Å². The highest BCUT2D eigenvalue weighted by molar-refractivity contribution is 5.75. The van der Waals surface area contributed by atoms with Crippen LogP contribution in [0.1, 0.15) is 102 Å². The van der Waals surface area contributed by atoms with Gasteiger partial charge in [0.1, 0.15) is 6.54 Å². The SMILES string of the molecule is CCCCCC[C@@H](O)CC=CCCCCCCCC(=O)NCCC[N+](C)(C)Cc1ccccc1. The molecule has 0 saturated carbocycles. The summed E-state index contributed by atoms with van der Waals surface area (Å²) in [5.74, 6) is 0.199. The van der Waals surface area contributed by atoms with Gasteiger partial charge in [-0.05, 0) is 32.1 Å². The summed E-state index contributed by atoms with van der Waals surface area (Å²) in [5.41, 5.74) is 1.36. The van der Waals surface area contributed by atoms with Crippen molar-refractivity contribution < 1.29 is 14.4 Å². The van der Waals surface area contributed by atoms with Gasteiger partial charge in [0.05, 0.1) is 26.7 Å². The average molecular weight is 474 g/mol. The van der Waals surface area contributed by atoms with E-state index in [4.69, 9.17) is 0 Å². The number of nitrogens with one attached hydrogen (secondary N) is 1. The lowest BCUT2D eigenvalue weighted by molar-refractivity contribution is -0.903. The molecule has 0 aliphatic carbocycles. The lowest BCUT2D eigenvalue weighted by atomic mass is 10.1. The van der Waals surface area contributed by atoms with Gasteiger partial charge in [0.2, 0.25) is 5.91 Å². The molecule has 194 valence electrons. The number of nitrogens with zero attached hydrogens (tertiary/aromatic N) is 1. The number of unbranched alkanes of at least 4 members (excludes halogenated alkanes) is 8. The van der Waals surface area contributed by atoms with E-state index in [1.807, 2.05) is 0 Å². The molecule has 0 spiro atoms. The number of aliphatic hydroxyl groups is 1. The maximum absolute atomic E-state index is 12.1. The van der Waals surface area contributed by atoms with E-state index in [0.29, 0.717) is 6.42 Å². The van der Waals surface area contributed by atoms with Crippen molar-refractivity contribution in [2.45, 2.75) is 109 Å². The third kappa shape index (κ3) is 17.8. The lowest BCUT2D eigenvalue weighted by Gasteiger charge is -2.30. The minimum atomic E-state index is -0.168. The number of amides is 1. The highest BCUT2D eigenvalue weighted by atomic mass is 16.3. The quantitative estimate of drug-likeness (QED) is 0.117. The van der Waals surface area contributed by atoms with Gasteiger partial charge in [-0.2, -0.15) is 0 Å². The largest absolute Gasteiger partial charge is 0.393 e. The van der Waals surface area contributed by atoms with Gasteiger partial charge in [-0.1, -0.05) is 94.4 Å². The standard InChI is InChI=1S/C30H52N2O2/c1-4-5-6-16-22-29(33)23-17-11-9-7-8-10-12-18-24-30(34)31-25-19-26-32(2,3)27-28-20-14-13-15-21-28/h11,13-15,17,20-21,29,33H,4-10,12,16,18-19,22-27H2,1-3H3/p+1/t29-/m1/s1. The van der Waals surface area contributed by atoms with Crippen LogP contribution in [0, 0.1) is 0 Å². The Bertz CT molecular complexity index is 642. The molecule has 1 aromatic rings. The van der Waals surface area contributed by atoms with Gasteiger partial charge < -0.3 is 14.9 Å². The molecule has 0 aliphatic rings. The maximum Gasteiger partial charge on any atom is 0.219 e. The summed E-state index contributed by atoms with van der Waals surface area (Å²) in [6.07, 6.45) is 19.4. The zero-order valence-electron chi connectivity index (χ0n) is 22.4. The molecule has 0 saturated heterocycles. The summed E-state index contributed by atoms with van der Waals surface area (Å²) in [4.78, 5) is 12.1. The van der Waals surface area contributed by atoms with Gasteiger partial charge in [0, 0.05) is 24.9 Å². The summed E-state index contributed by atoms with van der Waals surface area (Å²) in [5, 5.41) is 13.1. The molecule has 0 fully saturated rings. The van der Waals surface area contributed by atoms with E-state index in [1.54, 1.807) is 0 Å². The first-order valence-electron chi connectivity index (χ1n) is 13.9. The Kier molecular flexibility index (Phi) is 17.5. The molecule has 2 N–H and O–H groups in total. The number of aliphatic hydroxyl groups excluding tert-OH is 1. The van der Waals surface area contributed by atoms with Crippen LogP contribution in [0.15, 0.2) is 42.5 Å². The molecular weight excluding hydrogens is 420 g/mol. The molecule has 0 aliphatic heterocycles. The molecular formula is C30H53N2O2+. The normalized spacial score (nSPS) is 12.8. The molecule has 34 heavy (non-hydrogen) atoms. The zero-order chi connectivity index (χ0) is 24.9. The van der Waals surface area contributed by atoms with Crippen molar-refractivity contribution in [2.75, 3.05) is 27.2 Å². The molecule has 0 heterocycles. The van der Waals surface area contributed by atoms with Crippen LogP contribution >= 0.6 is 0 Å². The van der Waals surface area contributed by atoms with Crippen molar-refractivity contribution in [2.24, 2.45) is 0 Å². The number of allylic oxidation sites excluding steroid dienone is 1. The lowest BCUT2D eigenvalue weighted by Crippen LogP contribution is -2.41. The molecule has 0 unspecified atom stereocenters. The average Bonchev–Trinajstić information content (AvgIpc) is 2.81. The summed E-state index contributed by atoms with van der Waals surface area (Å²) in [6, 6.07) is 10.6. The first-order valence-corrected chi connectivity index (χ1v) is 13.9. The van der Waals surface area contributed by atoms with Gasteiger partial charge in [-0.3, -0.25) is 4.79 Å². The second-order valence-electron chi connectivity index (χ2n) is 10.5. The van der Waals surface area contributed by atoms with E-state index in [9.17, 15) is 9.90 Å². The summed E-state index contributed by atoms with van der Waals surface area (Å²) in [7, 11) is 4.51. The zero-order valence-corrected chi connectivity index (χ0v) is 22.4. The van der Waals surface area contributed by atoms with Crippen molar-refractivity contribution >= 4 is 5.91 Å². The Morgan fingerprint density at radius 2 is 1.65 bits per heavy atom. The Hall–Kier alpha value is -1.65. The molecule has 0 aromatic heterocycles. The van der Waals surface area contributed by atoms with Crippen molar-refractivity contribution in [3.63, 3.8) is 0 Å². The van der Waals surface area contributed by atoms with Crippen LogP contribution in [0.5, 0.6) is 0 Å². The van der Waals surface area contributed by atoms with Crippen molar-refractivity contribution in [1.82, 2.24) is 5.32 Å². The third-order valence-corrected chi connectivity index (χ3v) is 6.46. The fraction of sp³-hybridized carbons (Fsp3) is 0.700. The Morgan fingerprint density at radius 1 is 0.941 bits per heavy atom. The monoisotopic (exact) mass is 473 g/mol. The molecule has 1 rings (SSSR count). The topological polar surface area (TPSA) is 49.3 Å². The molecule has 4 nitrogen and oxygen atoms in total. The number of hydrogen-bond acceptors (Lipinski definition) is 2. The predicted octanol–water partition coefficient (Wildman–Crippen LogP) is 6.78. The van der Waals surface area contributed by atoms with Gasteiger partial charge in [-0.25, -0.2) is 0 Å². The third-order valence-electron chi connectivity index (χ3n) is 6.46. The molecule has 0 radical (unpaired) electrons. The summed E-state index contributed by atoms with van der Waals surface area (Å²) < 4.78 is 0.939. The fourth-order valence-electron chi connectivity index (χ4n) is 4.35. The van der Waals surface area contributed by atoms with Gasteiger partial charge in [0.15, 0.2) is 0 Å². The van der Waals surface area contributed by atoms with E-state index in [0.717, 1.165) is 69.1 Å². The van der Waals surface area contributed by atoms with Crippen LogP contribution in [0.2, 0.25) is 0 Å². The smallest absolute Gasteiger partial charge is 0.219 e. The highest BCUT2D eigenvalue weighted by Crippen LogP contribution is 2.11. The minimum Gasteiger partial charge on any atom is -0.393 e. The van der Waals surface area contributed by atoms with E-state index < -0.39 is 0 Å². The highest BCUT2D eigenvalue weighted by Gasteiger charge is 2.15. The van der Waals surface area contributed by atoms with Crippen molar-refractivity contribution in [3.8, 4) is 0 Å². The number of carbonyl (C=O) groups excluding carboxylic acids is 1. The number of rotatable bonds is 21. The first-order chi connectivity index (χ1) is 16.4. The van der Waals surface area contributed by atoms with Gasteiger partial charge >= 0.3 is 0 Å². The van der Waals surface area contributed by atoms with E-state index in [-0.39, 0.29) is 12.0 Å². The number of benzene rings is 1. The fourth-order valence-corrected chi connectivity index (χ4v) is 4.35. The molecule has 1 amide bonds. The number of quaternary nitrogens is 1. The van der Waals surface area contributed by atoms with Crippen LogP contribution < -0.4 is 5.32 Å². The minimum absolute atomic E-state index is 0.168. The van der Waals surface area contributed by atoms with Crippen LogP contribution in [0.4, 0.5) is 0 Å². The Balaban J connectivity index is 1.92. The number of carbonyl (C=O) groups is 1. The molecule has 1 aromatic carbocycles. The van der Waals surface area contributed by atoms with Gasteiger partial charge in [-0.15, -0.1) is 0 Å². The first kappa shape index (κ1) is 30.4. The second kappa shape index (κ2) is 19.6.